The first-order valence-corrected chi connectivity index (χ1v) is 9.96. The second-order valence-electron chi connectivity index (χ2n) is 8.26. The number of benzene rings is 1. The molecule has 2 aliphatic rings. The third-order valence-electron chi connectivity index (χ3n) is 6.39. The van der Waals surface area contributed by atoms with Gasteiger partial charge >= 0.3 is 0 Å². The second-order valence-corrected chi connectivity index (χ2v) is 8.26. The highest BCUT2D eigenvalue weighted by Crippen LogP contribution is 2.50. The van der Waals surface area contributed by atoms with Crippen LogP contribution in [0.4, 0.5) is 4.39 Å². The van der Waals surface area contributed by atoms with E-state index >= 15 is 0 Å². The van der Waals surface area contributed by atoms with Crippen LogP contribution in [0.3, 0.4) is 0 Å². The van der Waals surface area contributed by atoms with E-state index in [2.05, 4.69) is 0 Å². The molecule has 1 saturated heterocycles. The molecule has 154 valence electrons. The Hall–Kier alpha value is -1.99. The fraction of sp³-hybridized carbons (Fsp3) is 0.619. The van der Waals surface area contributed by atoms with Gasteiger partial charge in [0, 0.05) is 44.6 Å². The Bertz CT molecular complexity index is 754. The highest BCUT2D eigenvalue weighted by molar-refractivity contribution is 5.94. The lowest BCUT2D eigenvalue weighted by molar-refractivity contribution is -0.179. The van der Waals surface area contributed by atoms with E-state index in [0.29, 0.717) is 45.6 Å². The number of rotatable bonds is 4. The zero-order valence-corrected chi connectivity index (χ0v) is 16.9. The Labute approximate surface area is 165 Å². The average molecular weight is 391 g/mol. The lowest BCUT2D eigenvalue weighted by Gasteiger charge is -2.58. The maximum Gasteiger partial charge on any atom is 0.256 e. The standard InChI is InChI=1S/C21H30FN3O3/c1-4-28-17-14-21(23,20(17,2)3)19(27)25-11-7-10-24(12-13-25)18(26)15-8-5-6-9-16(15)22/h5-6,8-9,17H,4,7,10-14,23H2,1-3H3. The van der Waals surface area contributed by atoms with Crippen LogP contribution < -0.4 is 5.73 Å². The number of ether oxygens (including phenoxy) is 1. The van der Waals surface area contributed by atoms with Crippen LogP contribution in [0.25, 0.3) is 0 Å². The van der Waals surface area contributed by atoms with Crippen molar-refractivity contribution in [2.45, 2.75) is 45.3 Å². The van der Waals surface area contributed by atoms with Crippen LogP contribution in [-0.2, 0) is 9.53 Å². The molecule has 1 heterocycles. The van der Waals surface area contributed by atoms with E-state index in [-0.39, 0.29) is 23.5 Å². The molecule has 7 heteroatoms. The third kappa shape index (κ3) is 3.42. The van der Waals surface area contributed by atoms with Crippen molar-refractivity contribution in [3.8, 4) is 0 Å². The van der Waals surface area contributed by atoms with Crippen LogP contribution in [-0.4, -0.2) is 66.0 Å². The van der Waals surface area contributed by atoms with Crippen LogP contribution in [0.5, 0.6) is 0 Å². The maximum absolute atomic E-state index is 14.0. The van der Waals surface area contributed by atoms with Crippen molar-refractivity contribution in [1.29, 1.82) is 0 Å². The van der Waals surface area contributed by atoms with E-state index in [1.54, 1.807) is 21.9 Å². The van der Waals surface area contributed by atoms with Crippen molar-refractivity contribution in [2.24, 2.45) is 11.1 Å². The summed E-state index contributed by atoms with van der Waals surface area (Å²) in [5, 5.41) is 0. The molecule has 0 radical (unpaired) electrons. The zero-order chi connectivity index (χ0) is 20.5. The normalized spacial score (nSPS) is 27.1. The van der Waals surface area contributed by atoms with Crippen LogP contribution in [0, 0.1) is 11.2 Å². The van der Waals surface area contributed by atoms with Crippen LogP contribution in [0.15, 0.2) is 24.3 Å². The Morgan fingerprint density at radius 3 is 2.46 bits per heavy atom. The van der Waals surface area contributed by atoms with Gasteiger partial charge in [-0.25, -0.2) is 4.39 Å². The molecule has 0 aromatic heterocycles. The van der Waals surface area contributed by atoms with E-state index in [1.807, 2.05) is 20.8 Å². The molecule has 2 N–H and O–H groups in total. The summed E-state index contributed by atoms with van der Waals surface area (Å²) in [4.78, 5) is 29.2. The molecule has 1 aromatic rings. The van der Waals surface area contributed by atoms with Crippen LogP contribution in [0.1, 0.15) is 44.0 Å². The number of hydrogen-bond donors (Lipinski definition) is 1. The first-order chi connectivity index (χ1) is 13.2. The summed E-state index contributed by atoms with van der Waals surface area (Å²) in [6.07, 6.45) is 1.11. The molecule has 3 rings (SSSR count). The Morgan fingerprint density at radius 2 is 1.82 bits per heavy atom. The average Bonchev–Trinajstić information content (AvgIpc) is 2.93. The van der Waals surface area contributed by atoms with Crippen LogP contribution in [0.2, 0.25) is 0 Å². The van der Waals surface area contributed by atoms with Crippen molar-refractivity contribution < 1.29 is 18.7 Å². The van der Waals surface area contributed by atoms with Crippen molar-refractivity contribution >= 4 is 11.8 Å². The van der Waals surface area contributed by atoms with Crippen molar-refractivity contribution in [2.75, 3.05) is 32.8 Å². The minimum atomic E-state index is -0.961. The first kappa shape index (κ1) is 20.7. The number of halogens is 1. The monoisotopic (exact) mass is 391 g/mol. The van der Waals surface area contributed by atoms with Gasteiger partial charge in [-0.2, -0.15) is 0 Å². The minimum Gasteiger partial charge on any atom is -0.378 e. The number of amides is 2. The van der Waals surface area contributed by atoms with Gasteiger partial charge in [0.2, 0.25) is 5.91 Å². The topological polar surface area (TPSA) is 75.9 Å². The predicted octanol–water partition coefficient (Wildman–Crippen LogP) is 2.03. The van der Waals surface area contributed by atoms with Crippen molar-refractivity contribution in [1.82, 2.24) is 9.80 Å². The fourth-order valence-corrected chi connectivity index (χ4v) is 4.21. The first-order valence-electron chi connectivity index (χ1n) is 9.96. The number of carbonyl (C=O) groups excluding carboxylic acids is 2. The number of nitrogens with two attached hydrogens (primary N) is 1. The molecule has 2 amide bonds. The van der Waals surface area contributed by atoms with Gasteiger partial charge in [-0.1, -0.05) is 26.0 Å². The maximum atomic E-state index is 14.0. The molecule has 1 aliphatic heterocycles. The molecular formula is C21H30FN3O3. The van der Waals surface area contributed by atoms with Gasteiger partial charge in [0.1, 0.15) is 11.4 Å². The SMILES string of the molecule is CCOC1CC(N)(C(=O)N2CCCN(C(=O)c3ccccc3F)CC2)C1(C)C. The van der Waals surface area contributed by atoms with E-state index < -0.39 is 16.8 Å². The van der Waals surface area contributed by atoms with E-state index in [4.69, 9.17) is 10.5 Å². The highest BCUT2D eigenvalue weighted by Gasteiger charge is 2.63. The Kier molecular flexibility index (Phi) is 5.77. The van der Waals surface area contributed by atoms with Gasteiger partial charge in [-0.05, 0) is 25.5 Å². The van der Waals surface area contributed by atoms with Gasteiger partial charge in [0.25, 0.3) is 5.91 Å². The van der Waals surface area contributed by atoms with Crippen molar-refractivity contribution in [3.63, 3.8) is 0 Å². The number of hydrogen-bond acceptors (Lipinski definition) is 4. The second kappa shape index (κ2) is 7.79. The third-order valence-corrected chi connectivity index (χ3v) is 6.39. The minimum absolute atomic E-state index is 0.0300. The van der Waals surface area contributed by atoms with Gasteiger partial charge in [-0.15, -0.1) is 0 Å². The largest absolute Gasteiger partial charge is 0.378 e. The molecule has 2 atom stereocenters. The molecule has 1 saturated carbocycles. The fourth-order valence-electron chi connectivity index (χ4n) is 4.21. The predicted molar refractivity (Wildman–Crippen MR) is 104 cm³/mol. The summed E-state index contributed by atoms with van der Waals surface area (Å²) in [6.45, 7) is 8.26. The highest BCUT2D eigenvalue weighted by atomic mass is 19.1. The quantitative estimate of drug-likeness (QED) is 0.852. The molecule has 2 fully saturated rings. The van der Waals surface area contributed by atoms with Gasteiger partial charge < -0.3 is 20.3 Å². The summed E-state index contributed by atoms with van der Waals surface area (Å²) >= 11 is 0. The zero-order valence-electron chi connectivity index (χ0n) is 16.9. The van der Waals surface area contributed by atoms with Crippen molar-refractivity contribution in [3.05, 3.63) is 35.6 Å². The Balaban J connectivity index is 1.66. The van der Waals surface area contributed by atoms with Gasteiger partial charge in [0.05, 0.1) is 11.7 Å². The molecular weight excluding hydrogens is 361 g/mol. The molecule has 1 aromatic carbocycles. The smallest absolute Gasteiger partial charge is 0.256 e. The molecule has 0 bridgehead atoms. The molecule has 2 unspecified atom stereocenters. The number of carbonyl (C=O) groups is 2. The van der Waals surface area contributed by atoms with E-state index in [9.17, 15) is 14.0 Å². The summed E-state index contributed by atoms with van der Waals surface area (Å²) in [5.74, 6) is -0.951. The molecule has 6 nitrogen and oxygen atoms in total. The van der Waals surface area contributed by atoms with Crippen LogP contribution >= 0.6 is 0 Å². The lowest BCUT2D eigenvalue weighted by Crippen LogP contribution is -2.76. The van der Waals surface area contributed by atoms with Gasteiger partial charge in [-0.3, -0.25) is 9.59 Å². The summed E-state index contributed by atoms with van der Waals surface area (Å²) in [7, 11) is 0. The summed E-state index contributed by atoms with van der Waals surface area (Å²) in [6, 6.07) is 5.98. The van der Waals surface area contributed by atoms with E-state index in [0.717, 1.165) is 0 Å². The van der Waals surface area contributed by atoms with E-state index in [1.165, 1.54) is 12.1 Å². The summed E-state index contributed by atoms with van der Waals surface area (Å²) < 4.78 is 19.7. The molecule has 0 spiro atoms. The number of nitrogens with zero attached hydrogens (tertiary/aromatic N) is 2. The molecule has 28 heavy (non-hydrogen) atoms. The lowest BCUT2D eigenvalue weighted by atomic mass is 9.54. The molecule has 1 aliphatic carbocycles. The summed E-state index contributed by atoms with van der Waals surface area (Å²) in [5.41, 5.74) is 5.19. The van der Waals surface area contributed by atoms with Gasteiger partial charge in [0.15, 0.2) is 0 Å². The Morgan fingerprint density at radius 1 is 1.18 bits per heavy atom.